The summed E-state index contributed by atoms with van der Waals surface area (Å²) in [7, 11) is -3.97. The summed E-state index contributed by atoms with van der Waals surface area (Å²) >= 11 is 0. The maximum absolute atomic E-state index is 13.0. The topological polar surface area (TPSA) is 133 Å². The number of sulfonamides is 1. The predicted octanol–water partition coefficient (Wildman–Crippen LogP) is 3.35. The van der Waals surface area contributed by atoms with Crippen LogP contribution in [0.5, 0.6) is 0 Å². The number of ether oxygens (including phenoxy) is 1. The van der Waals surface area contributed by atoms with Gasteiger partial charge in [-0.05, 0) is 31.2 Å². The van der Waals surface area contributed by atoms with Crippen LogP contribution in [0.2, 0.25) is 0 Å². The van der Waals surface area contributed by atoms with Crippen LogP contribution in [0.1, 0.15) is 27.6 Å². The molecule has 0 heterocycles. The van der Waals surface area contributed by atoms with Gasteiger partial charge in [0.2, 0.25) is 15.8 Å². The predicted molar refractivity (Wildman–Crippen MR) is 119 cm³/mol. The number of carbonyl (C=O) groups excluding carboxylic acids is 2. The first-order valence-electron chi connectivity index (χ1n) is 9.77. The zero-order valence-corrected chi connectivity index (χ0v) is 18.3. The summed E-state index contributed by atoms with van der Waals surface area (Å²) in [6.07, 6.45) is -1.41. The maximum atomic E-state index is 13.0. The van der Waals surface area contributed by atoms with Crippen molar-refractivity contribution in [3.63, 3.8) is 0 Å². The summed E-state index contributed by atoms with van der Waals surface area (Å²) in [6, 6.07) is 19.1. The van der Waals surface area contributed by atoms with Crippen molar-refractivity contribution in [1.82, 2.24) is 4.72 Å². The highest BCUT2D eigenvalue weighted by Crippen LogP contribution is 2.25. The third kappa shape index (κ3) is 6.09. The summed E-state index contributed by atoms with van der Waals surface area (Å²) in [5, 5.41) is 10.9. The lowest BCUT2D eigenvalue weighted by molar-refractivity contribution is -0.384. The molecular weight excluding hydrogens is 448 g/mol. The molecule has 0 aromatic heterocycles. The highest BCUT2D eigenvalue weighted by atomic mass is 32.2. The molecule has 0 spiro atoms. The number of carbonyl (C=O) groups is 2. The maximum Gasteiger partial charge on any atom is 0.322 e. The largest absolute Gasteiger partial charge is 0.448 e. The summed E-state index contributed by atoms with van der Waals surface area (Å²) in [6.45, 7) is 1.10. The highest BCUT2D eigenvalue weighted by molar-refractivity contribution is 7.89. The molecule has 33 heavy (non-hydrogen) atoms. The Bertz CT molecular complexity index is 1260. The van der Waals surface area contributed by atoms with E-state index in [1.54, 1.807) is 30.3 Å². The van der Waals surface area contributed by atoms with Gasteiger partial charge in [-0.2, -0.15) is 4.72 Å². The van der Waals surface area contributed by atoms with Crippen LogP contribution in [0.25, 0.3) is 0 Å². The number of benzene rings is 3. The molecule has 1 N–H and O–H groups in total. The van der Waals surface area contributed by atoms with E-state index in [1.165, 1.54) is 48.5 Å². The van der Waals surface area contributed by atoms with E-state index in [2.05, 4.69) is 4.72 Å². The Balaban J connectivity index is 1.79. The first-order valence-corrected chi connectivity index (χ1v) is 11.2. The van der Waals surface area contributed by atoms with Crippen molar-refractivity contribution in [2.75, 3.05) is 6.54 Å². The van der Waals surface area contributed by atoms with E-state index >= 15 is 0 Å². The van der Waals surface area contributed by atoms with Gasteiger partial charge < -0.3 is 4.74 Å². The Kier molecular flexibility index (Phi) is 7.31. The standard InChI is InChI=1S/C23H20N2O7S/c1-16-7-13-20(14-8-16)33(30,31)24-15-21(26)32-23(22(27)17-5-3-2-4-6-17)18-9-11-19(12-10-18)25(28)29/h2-14,23-24H,15H2,1H3/t23-/m0/s1. The van der Waals surface area contributed by atoms with E-state index in [0.29, 0.717) is 0 Å². The highest BCUT2D eigenvalue weighted by Gasteiger charge is 2.27. The number of esters is 1. The Morgan fingerprint density at radius 2 is 1.58 bits per heavy atom. The van der Waals surface area contributed by atoms with Crippen LogP contribution in [0.3, 0.4) is 0 Å². The molecule has 10 heteroatoms. The number of Topliss-reactive ketones (excluding diaryl/α,β-unsaturated/α-hetero) is 1. The number of hydrogen-bond donors (Lipinski definition) is 1. The zero-order chi connectivity index (χ0) is 24.0. The fraction of sp³-hybridized carbons (Fsp3) is 0.130. The Morgan fingerprint density at radius 1 is 0.970 bits per heavy atom. The fourth-order valence-electron chi connectivity index (χ4n) is 2.93. The Labute approximate surface area is 190 Å². The van der Waals surface area contributed by atoms with Gasteiger partial charge in [0.05, 0.1) is 9.82 Å². The average Bonchev–Trinajstić information content (AvgIpc) is 2.82. The molecule has 0 aliphatic rings. The van der Waals surface area contributed by atoms with Crippen LogP contribution < -0.4 is 4.72 Å². The van der Waals surface area contributed by atoms with Crippen LogP contribution in [-0.2, 0) is 19.6 Å². The molecule has 9 nitrogen and oxygen atoms in total. The van der Waals surface area contributed by atoms with Gasteiger partial charge in [0.15, 0.2) is 6.10 Å². The van der Waals surface area contributed by atoms with Gasteiger partial charge in [-0.3, -0.25) is 19.7 Å². The first kappa shape index (κ1) is 23.8. The molecule has 0 saturated heterocycles. The number of non-ortho nitro benzene ring substituents is 1. The average molecular weight is 468 g/mol. The van der Waals surface area contributed by atoms with Gasteiger partial charge in [-0.1, -0.05) is 48.0 Å². The number of nitro groups is 1. The van der Waals surface area contributed by atoms with Crippen molar-refractivity contribution in [2.24, 2.45) is 0 Å². The van der Waals surface area contributed by atoms with Crippen molar-refractivity contribution in [2.45, 2.75) is 17.9 Å². The van der Waals surface area contributed by atoms with Gasteiger partial charge >= 0.3 is 5.97 Å². The molecule has 0 radical (unpaired) electrons. The third-order valence-electron chi connectivity index (χ3n) is 4.69. The molecule has 0 aliphatic heterocycles. The minimum atomic E-state index is -3.97. The molecule has 3 aromatic rings. The van der Waals surface area contributed by atoms with E-state index in [0.717, 1.165) is 5.56 Å². The molecule has 0 amide bonds. The second-order valence-corrected chi connectivity index (χ2v) is 8.85. The van der Waals surface area contributed by atoms with Crippen molar-refractivity contribution in [3.8, 4) is 0 Å². The minimum Gasteiger partial charge on any atom is -0.448 e. The quantitative estimate of drug-likeness (QED) is 0.220. The molecule has 0 unspecified atom stereocenters. The molecule has 3 rings (SSSR count). The number of nitrogens with zero attached hydrogens (tertiary/aromatic N) is 1. The molecule has 1 atom stereocenters. The normalized spacial score (nSPS) is 12.0. The second kappa shape index (κ2) is 10.2. The SMILES string of the molecule is Cc1ccc(S(=O)(=O)NCC(=O)O[C@H](C(=O)c2ccccc2)c2ccc([N+](=O)[O-])cc2)cc1. The Hall–Kier alpha value is -3.89. The van der Waals surface area contributed by atoms with Crippen LogP contribution in [0.15, 0.2) is 83.8 Å². The number of nitrogens with one attached hydrogen (secondary N) is 1. The first-order chi connectivity index (χ1) is 15.7. The molecule has 0 bridgehead atoms. The number of ketones is 1. The lowest BCUT2D eigenvalue weighted by atomic mass is 9.99. The van der Waals surface area contributed by atoms with Crippen molar-refractivity contribution in [3.05, 3.63) is 106 Å². The number of aryl methyl sites for hydroxylation is 1. The van der Waals surface area contributed by atoms with E-state index in [-0.39, 0.29) is 21.7 Å². The van der Waals surface area contributed by atoms with Gasteiger partial charge in [-0.25, -0.2) is 8.42 Å². The number of hydrogen-bond acceptors (Lipinski definition) is 7. The summed E-state index contributed by atoms with van der Waals surface area (Å²) in [5.41, 5.74) is 1.15. The molecular formula is C23H20N2O7S. The summed E-state index contributed by atoms with van der Waals surface area (Å²) in [5.74, 6) is -1.54. The van der Waals surface area contributed by atoms with Crippen molar-refractivity contribution in [1.29, 1.82) is 0 Å². The van der Waals surface area contributed by atoms with E-state index < -0.39 is 39.3 Å². The van der Waals surface area contributed by atoms with Crippen LogP contribution in [-0.4, -0.2) is 31.6 Å². The summed E-state index contributed by atoms with van der Waals surface area (Å²) < 4.78 is 32.3. The molecule has 0 saturated carbocycles. The minimum absolute atomic E-state index is 0.0202. The molecule has 3 aromatic carbocycles. The van der Waals surface area contributed by atoms with Crippen LogP contribution >= 0.6 is 0 Å². The summed E-state index contributed by atoms with van der Waals surface area (Å²) in [4.78, 5) is 35.8. The van der Waals surface area contributed by atoms with E-state index in [4.69, 9.17) is 4.74 Å². The van der Waals surface area contributed by atoms with Crippen LogP contribution in [0, 0.1) is 17.0 Å². The van der Waals surface area contributed by atoms with Crippen molar-refractivity contribution < 1.29 is 27.7 Å². The molecule has 0 aliphatic carbocycles. The van der Waals surface area contributed by atoms with Gasteiger partial charge in [-0.15, -0.1) is 0 Å². The number of nitro benzene ring substituents is 1. The number of rotatable bonds is 9. The van der Waals surface area contributed by atoms with E-state index in [1.807, 2.05) is 6.92 Å². The lowest BCUT2D eigenvalue weighted by Crippen LogP contribution is -2.32. The van der Waals surface area contributed by atoms with Crippen molar-refractivity contribution >= 4 is 27.5 Å². The molecule has 170 valence electrons. The van der Waals surface area contributed by atoms with E-state index in [9.17, 15) is 28.1 Å². The lowest BCUT2D eigenvalue weighted by Gasteiger charge is -2.18. The third-order valence-corrected chi connectivity index (χ3v) is 6.11. The zero-order valence-electron chi connectivity index (χ0n) is 17.5. The molecule has 0 fully saturated rings. The van der Waals surface area contributed by atoms with Gasteiger partial charge in [0.25, 0.3) is 5.69 Å². The monoisotopic (exact) mass is 468 g/mol. The second-order valence-electron chi connectivity index (χ2n) is 7.09. The van der Waals surface area contributed by atoms with Crippen LogP contribution in [0.4, 0.5) is 5.69 Å². The van der Waals surface area contributed by atoms with Gasteiger partial charge in [0.1, 0.15) is 6.54 Å². The fourth-order valence-corrected chi connectivity index (χ4v) is 3.89. The van der Waals surface area contributed by atoms with Gasteiger partial charge in [0, 0.05) is 23.3 Å². The Morgan fingerprint density at radius 3 is 2.15 bits per heavy atom. The smallest absolute Gasteiger partial charge is 0.322 e.